The van der Waals surface area contributed by atoms with Crippen LogP contribution in [0.4, 0.5) is 4.79 Å². The molecule has 1 heterocycles. The lowest BCUT2D eigenvalue weighted by Gasteiger charge is -2.12. The Labute approximate surface area is 103 Å². The van der Waals surface area contributed by atoms with Gasteiger partial charge in [0.25, 0.3) is 0 Å². The Morgan fingerprint density at radius 2 is 2.12 bits per heavy atom. The zero-order chi connectivity index (χ0) is 13.0. The molecule has 6 nitrogen and oxygen atoms in total. The molecule has 1 atom stereocenters. The van der Waals surface area contributed by atoms with Gasteiger partial charge in [-0.25, -0.2) is 9.78 Å². The Kier molecular flexibility index (Phi) is 4.45. The molecule has 94 valence electrons. The Balaban J connectivity index is 2.54. The van der Waals surface area contributed by atoms with Crippen molar-refractivity contribution >= 4 is 23.3 Å². The maximum Gasteiger partial charge on any atom is 0.323 e. The smallest absolute Gasteiger partial charge is 0.323 e. The standard InChI is InChI=1S/C10H15N3O3S/c1-5-9(17-7(3)12-5)6(2)13-10(16)11-4-8(14)15/h6H,4H2,1-3H3,(H,14,15)(H2,11,13,16). The second-order valence-electron chi connectivity index (χ2n) is 3.62. The molecule has 0 aliphatic rings. The van der Waals surface area contributed by atoms with E-state index < -0.39 is 12.0 Å². The van der Waals surface area contributed by atoms with E-state index in [4.69, 9.17) is 5.11 Å². The number of hydrogen-bond donors (Lipinski definition) is 3. The van der Waals surface area contributed by atoms with Crippen molar-refractivity contribution in [2.75, 3.05) is 6.54 Å². The molecular formula is C10H15N3O3S. The third kappa shape index (κ3) is 4.03. The average Bonchev–Trinajstić information content (AvgIpc) is 2.55. The van der Waals surface area contributed by atoms with Gasteiger partial charge in [0.05, 0.1) is 16.7 Å². The van der Waals surface area contributed by atoms with Crippen LogP contribution in [0.15, 0.2) is 0 Å². The van der Waals surface area contributed by atoms with Gasteiger partial charge in [0.15, 0.2) is 0 Å². The summed E-state index contributed by atoms with van der Waals surface area (Å²) >= 11 is 1.52. The van der Waals surface area contributed by atoms with E-state index in [1.807, 2.05) is 20.8 Å². The number of aromatic nitrogens is 1. The lowest BCUT2D eigenvalue weighted by atomic mass is 10.2. The predicted octanol–water partition coefficient (Wildman–Crippen LogP) is 1.20. The highest BCUT2D eigenvalue weighted by Gasteiger charge is 2.15. The van der Waals surface area contributed by atoms with Crippen LogP contribution in [-0.2, 0) is 4.79 Å². The molecule has 2 amide bonds. The van der Waals surface area contributed by atoms with Crippen molar-refractivity contribution in [1.29, 1.82) is 0 Å². The van der Waals surface area contributed by atoms with Crippen LogP contribution < -0.4 is 10.6 Å². The fourth-order valence-electron chi connectivity index (χ4n) is 1.42. The van der Waals surface area contributed by atoms with E-state index in [9.17, 15) is 9.59 Å². The molecule has 1 aromatic rings. The van der Waals surface area contributed by atoms with Gasteiger partial charge in [0.1, 0.15) is 6.54 Å². The Bertz CT molecular complexity index is 430. The fraction of sp³-hybridized carbons (Fsp3) is 0.500. The largest absolute Gasteiger partial charge is 0.480 e. The summed E-state index contributed by atoms with van der Waals surface area (Å²) in [7, 11) is 0. The molecule has 0 spiro atoms. The number of urea groups is 1. The normalized spacial score (nSPS) is 11.9. The van der Waals surface area contributed by atoms with Crippen LogP contribution in [0.1, 0.15) is 28.5 Å². The third-order valence-corrected chi connectivity index (χ3v) is 3.34. The van der Waals surface area contributed by atoms with Gasteiger partial charge >= 0.3 is 12.0 Å². The lowest BCUT2D eigenvalue weighted by Crippen LogP contribution is -2.39. The van der Waals surface area contributed by atoms with Crippen LogP contribution >= 0.6 is 11.3 Å². The number of carbonyl (C=O) groups excluding carboxylic acids is 1. The molecule has 0 fully saturated rings. The van der Waals surface area contributed by atoms with Crippen LogP contribution in [0, 0.1) is 13.8 Å². The number of amides is 2. The highest BCUT2D eigenvalue weighted by atomic mass is 32.1. The van der Waals surface area contributed by atoms with E-state index in [1.165, 1.54) is 11.3 Å². The highest BCUT2D eigenvalue weighted by molar-refractivity contribution is 7.11. The summed E-state index contributed by atoms with van der Waals surface area (Å²) in [5.41, 5.74) is 0.888. The minimum absolute atomic E-state index is 0.185. The van der Waals surface area contributed by atoms with Crippen molar-refractivity contribution in [2.45, 2.75) is 26.8 Å². The molecule has 0 bridgehead atoms. The molecule has 7 heteroatoms. The molecule has 0 saturated carbocycles. The number of thiazole rings is 1. The Hall–Kier alpha value is -1.63. The summed E-state index contributed by atoms with van der Waals surface area (Å²) in [6.45, 7) is 5.23. The van der Waals surface area contributed by atoms with E-state index in [1.54, 1.807) is 0 Å². The summed E-state index contributed by atoms with van der Waals surface area (Å²) in [5.74, 6) is -1.07. The molecule has 1 unspecified atom stereocenters. The van der Waals surface area contributed by atoms with Crippen LogP contribution in [-0.4, -0.2) is 28.6 Å². The number of hydrogen-bond acceptors (Lipinski definition) is 4. The number of nitrogens with zero attached hydrogens (tertiary/aromatic N) is 1. The Morgan fingerprint density at radius 3 is 2.59 bits per heavy atom. The number of carboxylic acid groups (broad SMARTS) is 1. The minimum Gasteiger partial charge on any atom is -0.480 e. The first-order valence-corrected chi connectivity index (χ1v) is 5.92. The second-order valence-corrected chi connectivity index (χ2v) is 4.86. The van der Waals surface area contributed by atoms with Crippen molar-refractivity contribution in [1.82, 2.24) is 15.6 Å². The van der Waals surface area contributed by atoms with Crippen molar-refractivity contribution in [2.24, 2.45) is 0 Å². The maximum absolute atomic E-state index is 11.3. The van der Waals surface area contributed by atoms with Crippen LogP contribution in [0.5, 0.6) is 0 Å². The summed E-state index contributed by atoms with van der Waals surface area (Å²) in [6.07, 6.45) is 0. The summed E-state index contributed by atoms with van der Waals surface area (Å²) in [6, 6.07) is -0.680. The van der Waals surface area contributed by atoms with Gasteiger partial charge in [0.2, 0.25) is 0 Å². The van der Waals surface area contributed by atoms with Crippen molar-refractivity contribution in [3.05, 3.63) is 15.6 Å². The molecule has 1 aromatic heterocycles. The molecule has 17 heavy (non-hydrogen) atoms. The van der Waals surface area contributed by atoms with E-state index in [0.717, 1.165) is 15.6 Å². The van der Waals surface area contributed by atoms with Gasteiger partial charge < -0.3 is 15.7 Å². The lowest BCUT2D eigenvalue weighted by molar-refractivity contribution is -0.135. The van der Waals surface area contributed by atoms with E-state index >= 15 is 0 Å². The maximum atomic E-state index is 11.3. The van der Waals surface area contributed by atoms with E-state index in [0.29, 0.717) is 0 Å². The molecule has 0 aliphatic carbocycles. The first-order valence-electron chi connectivity index (χ1n) is 5.10. The molecule has 0 aliphatic heterocycles. The average molecular weight is 257 g/mol. The van der Waals surface area contributed by atoms with Crippen molar-refractivity contribution in [3.63, 3.8) is 0 Å². The topological polar surface area (TPSA) is 91.3 Å². The number of rotatable bonds is 4. The first-order chi connectivity index (χ1) is 7.90. The molecule has 3 N–H and O–H groups in total. The molecule has 0 saturated heterocycles. The van der Waals surface area contributed by atoms with Gasteiger partial charge in [0, 0.05) is 4.88 Å². The van der Waals surface area contributed by atoms with Crippen molar-refractivity contribution in [3.8, 4) is 0 Å². The quantitative estimate of drug-likeness (QED) is 0.756. The highest BCUT2D eigenvalue weighted by Crippen LogP contribution is 2.24. The van der Waals surface area contributed by atoms with Gasteiger partial charge in [-0.1, -0.05) is 0 Å². The van der Waals surface area contributed by atoms with Crippen LogP contribution in [0.2, 0.25) is 0 Å². The van der Waals surface area contributed by atoms with Crippen LogP contribution in [0.3, 0.4) is 0 Å². The zero-order valence-electron chi connectivity index (χ0n) is 9.90. The number of carbonyl (C=O) groups is 2. The summed E-state index contributed by atoms with van der Waals surface area (Å²) in [4.78, 5) is 26.9. The molecule has 0 aromatic carbocycles. The SMILES string of the molecule is Cc1nc(C)c(C(C)NC(=O)NCC(=O)O)s1. The zero-order valence-corrected chi connectivity index (χ0v) is 10.7. The van der Waals surface area contributed by atoms with Gasteiger partial charge in [-0.05, 0) is 20.8 Å². The van der Waals surface area contributed by atoms with Crippen molar-refractivity contribution < 1.29 is 14.7 Å². The van der Waals surface area contributed by atoms with E-state index in [-0.39, 0.29) is 12.6 Å². The minimum atomic E-state index is -1.07. The van der Waals surface area contributed by atoms with Gasteiger partial charge in [-0.3, -0.25) is 4.79 Å². The first kappa shape index (κ1) is 13.4. The monoisotopic (exact) mass is 257 g/mol. The molecule has 1 rings (SSSR count). The van der Waals surface area contributed by atoms with Gasteiger partial charge in [-0.15, -0.1) is 11.3 Å². The second kappa shape index (κ2) is 5.62. The number of aryl methyl sites for hydroxylation is 2. The molecular weight excluding hydrogens is 242 g/mol. The fourth-order valence-corrected chi connectivity index (χ4v) is 2.35. The van der Waals surface area contributed by atoms with Crippen LogP contribution in [0.25, 0.3) is 0 Å². The third-order valence-electron chi connectivity index (χ3n) is 2.08. The number of carboxylic acids is 1. The van der Waals surface area contributed by atoms with Gasteiger partial charge in [-0.2, -0.15) is 0 Å². The number of aliphatic carboxylic acids is 1. The molecule has 0 radical (unpaired) electrons. The Morgan fingerprint density at radius 1 is 1.47 bits per heavy atom. The summed E-state index contributed by atoms with van der Waals surface area (Å²) < 4.78 is 0. The van der Waals surface area contributed by atoms with E-state index in [2.05, 4.69) is 15.6 Å². The predicted molar refractivity (Wildman–Crippen MR) is 64.2 cm³/mol. The number of nitrogens with one attached hydrogen (secondary N) is 2. The summed E-state index contributed by atoms with van der Waals surface area (Å²) in [5, 5.41) is 14.3.